The van der Waals surface area contributed by atoms with Crippen molar-refractivity contribution >= 4 is 5.97 Å². The van der Waals surface area contributed by atoms with Crippen LogP contribution in [0.1, 0.15) is 0 Å². The highest BCUT2D eigenvalue weighted by Crippen LogP contribution is 2.22. The summed E-state index contributed by atoms with van der Waals surface area (Å²) in [6.45, 7) is 0. The fourth-order valence-corrected chi connectivity index (χ4v) is 0.649. The predicted molar refractivity (Wildman–Crippen MR) is 32.8 cm³/mol. The lowest BCUT2D eigenvalue weighted by molar-refractivity contribution is -0.194. The normalized spacial score (nSPS) is 19.5. The first-order valence-electron chi connectivity index (χ1n) is 3.49. The Balaban J connectivity index is 4.43. The molecule has 0 aromatic heterocycles. The molecule has 2 nitrogen and oxygen atoms in total. The van der Waals surface area contributed by atoms with Crippen LogP contribution in [0.4, 0.5) is 30.9 Å². The van der Waals surface area contributed by atoms with E-state index in [0.29, 0.717) is 0 Å². The molecule has 0 aromatic rings. The zero-order valence-electron chi connectivity index (χ0n) is 6.85. The molecule has 4 atom stereocenters. The van der Waals surface area contributed by atoms with E-state index < -0.39 is 37.1 Å². The third-order valence-corrected chi connectivity index (χ3v) is 1.43. The standard InChI is InChI=1S/C6H5F7O2/c7-1(3(9)5(11)12)2(8)4(10)6(14)15-13/h1-5H. The van der Waals surface area contributed by atoms with Gasteiger partial charge in [0.05, 0.1) is 0 Å². The van der Waals surface area contributed by atoms with Gasteiger partial charge in [0.1, 0.15) is 0 Å². The molecule has 0 spiro atoms. The molecule has 0 heterocycles. The molecule has 9 heteroatoms. The van der Waals surface area contributed by atoms with Gasteiger partial charge in [0.2, 0.25) is 6.17 Å². The van der Waals surface area contributed by atoms with Gasteiger partial charge in [0.25, 0.3) is 6.43 Å². The van der Waals surface area contributed by atoms with Crippen LogP contribution in [0.25, 0.3) is 0 Å². The first-order valence-corrected chi connectivity index (χ1v) is 3.49. The summed E-state index contributed by atoms with van der Waals surface area (Å²) in [5, 5.41) is 0. The molecule has 0 amide bonds. The number of alkyl halides is 6. The maximum Gasteiger partial charge on any atom is 0.385 e. The molecule has 0 aliphatic carbocycles. The Morgan fingerprint density at radius 3 is 1.67 bits per heavy atom. The van der Waals surface area contributed by atoms with Crippen LogP contribution in [0.5, 0.6) is 0 Å². The second-order valence-corrected chi connectivity index (χ2v) is 2.47. The van der Waals surface area contributed by atoms with E-state index in [2.05, 4.69) is 4.94 Å². The molecular weight excluding hydrogens is 237 g/mol. The van der Waals surface area contributed by atoms with Crippen molar-refractivity contribution in [3.63, 3.8) is 0 Å². The van der Waals surface area contributed by atoms with Crippen molar-refractivity contribution in [1.29, 1.82) is 0 Å². The summed E-state index contributed by atoms with van der Waals surface area (Å²) in [5.74, 6) is -2.45. The zero-order valence-corrected chi connectivity index (χ0v) is 6.85. The molecule has 0 saturated carbocycles. The third kappa shape index (κ3) is 3.56. The van der Waals surface area contributed by atoms with Crippen LogP contribution >= 0.6 is 0 Å². The number of carbonyl (C=O) groups excluding carboxylic acids is 1. The molecule has 0 aliphatic rings. The van der Waals surface area contributed by atoms with Gasteiger partial charge in [-0.25, -0.2) is 31.1 Å². The smallest absolute Gasteiger partial charge is 0.251 e. The molecule has 90 valence electrons. The summed E-state index contributed by atoms with van der Waals surface area (Å²) < 4.78 is 83.3. The van der Waals surface area contributed by atoms with Crippen LogP contribution in [0.2, 0.25) is 0 Å². The Hall–Kier alpha value is -1.02. The van der Waals surface area contributed by atoms with E-state index >= 15 is 0 Å². The Labute approximate surface area is 78.9 Å². The highest BCUT2D eigenvalue weighted by atomic mass is 19.3. The van der Waals surface area contributed by atoms with E-state index in [4.69, 9.17) is 0 Å². The first-order chi connectivity index (χ1) is 6.82. The van der Waals surface area contributed by atoms with Gasteiger partial charge in [-0.3, -0.25) is 4.94 Å². The van der Waals surface area contributed by atoms with Gasteiger partial charge in [-0.15, -0.1) is 0 Å². The lowest BCUT2D eigenvalue weighted by atomic mass is 10.1. The second-order valence-electron chi connectivity index (χ2n) is 2.47. The summed E-state index contributed by atoms with van der Waals surface area (Å²) in [4.78, 5) is 12.2. The predicted octanol–water partition coefficient (Wildman–Crippen LogP) is 2.03. The maximum absolute atomic E-state index is 12.4. The molecular formula is C6H5F7O2. The van der Waals surface area contributed by atoms with Crippen molar-refractivity contribution in [3.05, 3.63) is 0 Å². The van der Waals surface area contributed by atoms with E-state index in [0.717, 1.165) is 0 Å². The molecule has 0 radical (unpaired) electrons. The molecule has 4 unspecified atom stereocenters. The van der Waals surface area contributed by atoms with Gasteiger partial charge in [0, 0.05) is 4.53 Å². The fraction of sp³-hybridized carbons (Fsp3) is 0.833. The van der Waals surface area contributed by atoms with Gasteiger partial charge in [-0.2, -0.15) is 0 Å². The van der Waals surface area contributed by atoms with Crippen LogP contribution in [0.15, 0.2) is 0 Å². The highest BCUT2D eigenvalue weighted by Gasteiger charge is 2.44. The van der Waals surface area contributed by atoms with Crippen molar-refractivity contribution in [2.45, 2.75) is 31.1 Å². The Morgan fingerprint density at radius 1 is 0.867 bits per heavy atom. The molecule has 0 fully saturated rings. The van der Waals surface area contributed by atoms with E-state index in [1.54, 1.807) is 0 Å². The van der Waals surface area contributed by atoms with Crippen molar-refractivity contribution in [2.75, 3.05) is 0 Å². The molecule has 0 aromatic carbocycles. The summed E-state index contributed by atoms with van der Waals surface area (Å²) in [6.07, 6.45) is -18.1. The van der Waals surface area contributed by atoms with Crippen LogP contribution in [0.3, 0.4) is 0 Å². The highest BCUT2D eigenvalue weighted by molar-refractivity contribution is 5.74. The minimum Gasteiger partial charge on any atom is -0.251 e. The second kappa shape index (κ2) is 5.76. The Bertz CT molecular complexity index is 212. The number of hydrogen-bond acceptors (Lipinski definition) is 2. The minimum absolute atomic E-state index is 2.19. The largest absolute Gasteiger partial charge is 0.385 e. The third-order valence-electron chi connectivity index (χ3n) is 1.43. The summed E-state index contributed by atoms with van der Waals surface area (Å²) in [7, 11) is 0. The van der Waals surface area contributed by atoms with E-state index in [1.807, 2.05) is 0 Å². The molecule has 0 bridgehead atoms. The van der Waals surface area contributed by atoms with Crippen molar-refractivity contribution in [2.24, 2.45) is 0 Å². The fourth-order valence-electron chi connectivity index (χ4n) is 0.649. The van der Waals surface area contributed by atoms with Crippen LogP contribution < -0.4 is 0 Å². The monoisotopic (exact) mass is 242 g/mol. The summed E-state index contributed by atoms with van der Waals surface area (Å²) in [6, 6.07) is 0. The minimum atomic E-state index is -3.88. The molecule has 0 saturated heterocycles. The molecule has 0 N–H and O–H groups in total. The topological polar surface area (TPSA) is 26.3 Å². The Morgan fingerprint density at radius 2 is 1.33 bits per heavy atom. The SMILES string of the molecule is O=C(OF)C(F)C(F)C(F)C(F)C(F)F. The number of rotatable bonds is 5. The van der Waals surface area contributed by atoms with Crippen molar-refractivity contribution in [1.82, 2.24) is 0 Å². The van der Waals surface area contributed by atoms with E-state index in [1.165, 1.54) is 0 Å². The van der Waals surface area contributed by atoms with Crippen molar-refractivity contribution < 1.29 is 40.6 Å². The number of hydrogen-bond donors (Lipinski definition) is 0. The van der Waals surface area contributed by atoms with E-state index in [9.17, 15) is 35.7 Å². The summed E-state index contributed by atoms with van der Waals surface area (Å²) >= 11 is 0. The van der Waals surface area contributed by atoms with Crippen LogP contribution in [-0.4, -0.2) is 37.1 Å². The average Bonchev–Trinajstić information content (AvgIpc) is 2.23. The van der Waals surface area contributed by atoms with Crippen LogP contribution in [0, 0.1) is 0 Å². The van der Waals surface area contributed by atoms with E-state index in [-0.39, 0.29) is 0 Å². The molecule has 15 heavy (non-hydrogen) atoms. The lowest BCUT2D eigenvalue weighted by Crippen LogP contribution is -2.41. The summed E-state index contributed by atoms with van der Waals surface area (Å²) in [5.41, 5.74) is 0. The quantitative estimate of drug-likeness (QED) is 0.689. The lowest BCUT2D eigenvalue weighted by Gasteiger charge is -2.17. The number of carbonyl (C=O) groups is 1. The maximum atomic E-state index is 12.4. The van der Waals surface area contributed by atoms with Gasteiger partial charge in [0.15, 0.2) is 18.5 Å². The average molecular weight is 242 g/mol. The van der Waals surface area contributed by atoms with Gasteiger partial charge < -0.3 is 0 Å². The molecule has 0 aliphatic heterocycles. The van der Waals surface area contributed by atoms with Crippen molar-refractivity contribution in [3.8, 4) is 0 Å². The van der Waals surface area contributed by atoms with Gasteiger partial charge in [-0.1, -0.05) is 0 Å². The van der Waals surface area contributed by atoms with Gasteiger partial charge >= 0.3 is 5.97 Å². The molecule has 0 rings (SSSR count). The van der Waals surface area contributed by atoms with Gasteiger partial charge in [-0.05, 0) is 0 Å². The van der Waals surface area contributed by atoms with Crippen LogP contribution in [-0.2, 0) is 9.74 Å². The number of halogens is 7. The zero-order chi connectivity index (χ0) is 12.2. The Kier molecular flexibility index (Phi) is 5.37. The first kappa shape index (κ1) is 14.0.